The summed E-state index contributed by atoms with van der Waals surface area (Å²) in [6.45, 7) is 7.04. The fourth-order valence-electron chi connectivity index (χ4n) is 4.86. The summed E-state index contributed by atoms with van der Waals surface area (Å²) in [4.78, 5) is 31.4. The van der Waals surface area contributed by atoms with Crippen LogP contribution >= 0.6 is 0 Å². The Morgan fingerprint density at radius 1 is 0.963 bits per heavy atom. The third-order valence-electron chi connectivity index (χ3n) is 6.56. The summed E-state index contributed by atoms with van der Waals surface area (Å²) in [6.07, 6.45) is 6.78. The third kappa shape index (κ3) is 3.88. The maximum atomic E-state index is 13.0. The Kier molecular flexibility index (Phi) is 5.48. The quantitative estimate of drug-likeness (QED) is 0.823. The molecule has 5 nitrogen and oxygen atoms in total. The van der Waals surface area contributed by atoms with Gasteiger partial charge in [-0.3, -0.25) is 14.5 Å². The summed E-state index contributed by atoms with van der Waals surface area (Å²) in [5, 5.41) is 0. The van der Waals surface area contributed by atoms with Gasteiger partial charge in [0.15, 0.2) is 0 Å². The molecule has 2 heterocycles. The van der Waals surface area contributed by atoms with Gasteiger partial charge in [-0.1, -0.05) is 25.8 Å². The number of rotatable bonds is 3. The molecule has 27 heavy (non-hydrogen) atoms. The van der Waals surface area contributed by atoms with Crippen LogP contribution in [-0.4, -0.2) is 65.3 Å². The summed E-state index contributed by atoms with van der Waals surface area (Å²) >= 11 is 0. The molecule has 4 rings (SSSR count). The van der Waals surface area contributed by atoms with E-state index < -0.39 is 0 Å². The minimum absolute atomic E-state index is 0.163. The summed E-state index contributed by atoms with van der Waals surface area (Å²) in [7, 11) is 0. The Hall–Kier alpha value is -1.88. The number of hydrogen-bond acceptors (Lipinski definition) is 3. The molecule has 2 aliphatic heterocycles. The zero-order valence-electron chi connectivity index (χ0n) is 16.5. The van der Waals surface area contributed by atoms with Crippen molar-refractivity contribution in [3.05, 3.63) is 34.9 Å². The molecular weight excluding hydrogens is 338 g/mol. The summed E-state index contributed by atoms with van der Waals surface area (Å²) in [5.41, 5.74) is 3.22. The van der Waals surface area contributed by atoms with E-state index in [1.165, 1.54) is 36.8 Å². The maximum absolute atomic E-state index is 13.0. The number of amides is 2. The van der Waals surface area contributed by atoms with Crippen molar-refractivity contribution < 1.29 is 9.59 Å². The van der Waals surface area contributed by atoms with Gasteiger partial charge in [0.2, 0.25) is 5.91 Å². The maximum Gasteiger partial charge on any atom is 0.253 e. The van der Waals surface area contributed by atoms with Crippen molar-refractivity contribution >= 4 is 11.8 Å². The predicted molar refractivity (Wildman–Crippen MR) is 106 cm³/mol. The Bertz CT molecular complexity index is 704. The van der Waals surface area contributed by atoms with E-state index >= 15 is 0 Å². The highest BCUT2D eigenvalue weighted by Gasteiger charge is 2.28. The Labute approximate surface area is 162 Å². The Morgan fingerprint density at radius 2 is 1.70 bits per heavy atom. The van der Waals surface area contributed by atoms with Gasteiger partial charge in [-0.2, -0.15) is 0 Å². The Balaban J connectivity index is 1.38. The van der Waals surface area contributed by atoms with E-state index in [9.17, 15) is 9.59 Å². The van der Waals surface area contributed by atoms with Crippen LogP contribution in [0.15, 0.2) is 18.2 Å². The molecule has 5 heteroatoms. The van der Waals surface area contributed by atoms with Crippen LogP contribution in [-0.2, 0) is 17.8 Å². The highest BCUT2D eigenvalue weighted by Crippen LogP contribution is 2.25. The van der Waals surface area contributed by atoms with Crippen LogP contribution in [0.5, 0.6) is 0 Å². The number of piperazine rings is 1. The van der Waals surface area contributed by atoms with Gasteiger partial charge >= 0.3 is 0 Å². The molecule has 0 spiro atoms. The van der Waals surface area contributed by atoms with Crippen LogP contribution in [0.2, 0.25) is 0 Å². The second-order valence-electron chi connectivity index (χ2n) is 8.17. The van der Waals surface area contributed by atoms with E-state index in [4.69, 9.17) is 0 Å². The average molecular weight is 370 g/mol. The minimum Gasteiger partial charge on any atom is -0.338 e. The molecule has 1 saturated heterocycles. The SMILES string of the molecule is CCC(=O)N1CCc2cc(C(=O)N3CCN(C4CCCC4)CC3)ccc2C1. The van der Waals surface area contributed by atoms with Gasteiger partial charge in [-0.25, -0.2) is 0 Å². The number of nitrogens with zero attached hydrogens (tertiary/aromatic N) is 3. The molecule has 0 N–H and O–H groups in total. The molecule has 1 saturated carbocycles. The first kappa shape index (κ1) is 18.5. The number of fused-ring (bicyclic) bond motifs is 1. The lowest BCUT2D eigenvalue weighted by molar-refractivity contribution is -0.131. The molecule has 0 radical (unpaired) electrons. The third-order valence-corrected chi connectivity index (χ3v) is 6.56. The van der Waals surface area contributed by atoms with Crippen molar-refractivity contribution in [2.75, 3.05) is 32.7 Å². The minimum atomic E-state index is 0.163. The zero-order valence-corrected chi connectivity index (χ0v) is 16.5. The highest BCUT2D eigenvalue weighted by atomic mass is 16.2. The first-order chi connectivity index (χ1) is 13.2. The number of carbonyl (C=O) groups is 2. The van der Waals surface area contributed by atoms with Crippen molar-refractivity contribution in [1.82, 2.24) is 14.7 Å². The highest BCUT2D eigenvalue weighted by molar-refractivity contribution is 5.94. The van der Waals surface area contributed by atoms with E-state index in [1.54, 1.807) is 0 Å². The summed E-state index contributed by atoms with van der Waals surface area (Å²) in [6, 6.07) is 6.81. The standard InChI is InChI=1S/C22H31N3O2/c1-2-21(26)25-10-9-17-15-18(7-8-19(17)16-25)22(27)24-13-11-23(12-14-24)20-5-3-4-6-20/h7-8,15,20H,2-6,9-14,16H2,1H3. The van der Waals surface area contributed by atoms with Crippen LogP contribution in [0.25, 0.3) is 0 Å². The Morgan fingerprint density at radius 3 is 2.41 bits per heavy atom. The van der Waals surface area contributed by atoms with E-state index in [1.807, 2.05) is 28.9 Å². The van der Waals surface area contributed by atoms with Crippen molar-refractivity contribution in [3.8, 4) is 0 Å². The van der Waals surface area contributed by atoms with Gasteiger partial charge in [0.1, 0.15) is 0 Å². The van der Waals surface area contributed by atoms with Crippen molar-refractivity contribution in [2.45, 2.75) is 58.0 Å². The van der Waals surface area contributed by atoms with Crippen molar-refractivity contribution in [3.63, 3.8) is 0 Å². The van der Waals surface area contributed by atoms with Crippen LogP contribution < -0.4 is 0 Å². The topological polar surface area (TPSA) is 43.9 Å². The number of benzene rings is 1. The monoisotopic (exact) mass is 369 g/mol. The van der Waals surface area contributed by atoms with Gasteiger partial charge < -0.3 is 9.80 Å². The lowest BCUT2D eigenvalue weighted by Crippen LogP contribution is -2.51. The second-order valence-corrected chi connectivity index (χ2v) is 8.17. The van der Waals surface area contributed by atoms with Crippen LogP contribution in [0.4, 0.5) is 0 Å². The molecule has 2 amide bonds. The van der Waals surface area contributed by atoms with Crippen molar-refractivity contribution in [1.29, 1.82) is 0 Å². The van der Waals surface area contributed by atoms with Crippen LogP contribution in [0, 0.1) is 0 Å². The first-order valence-electron chi connectivity index (χ1n) is 10.6. The van der Waals surface area contributed by atoms with Gasteiger partial charge in [0, 0.05) is 57.3 Å². The van der Waals surface area contributed by atoms with Crippen LogP contribution in [0.1, 0.15) is 60.5 Å². The fraction of sp³-hybridized carbons (Fsp3) is 0.636. The molecule has 1 aromatic rings. The summed E-state index contributed by atoms with van der Waals surface area (Å²) < 4.78 is 0. The van der Waals surface area contributed by atoms with E-state index in [-0.39, 0.29) is 11.8 Å². The van der Waals surface area contributed by atoms with Gasteiger partial charge in [-0.15, -0.1) is 0 Å². The lowest BCUT2D eigenvalue weighted by atomic mass is 9.96. The molecule has 146 valence electrons. The largest absolute Gasteiger partial charge is 0.338 e. The lowest BCUT2D eigenvalue weighted by Gasteiger charge is -2.38. The fourth-order valence-corrected chi connectivity index (χ4v) is 4.86. The van der Waals surface area contributed by atoms with E-state index in [2.05, 4.69) is 11.0 Å². The molecule has 1 aromatic carbocycles. The second kappa shape index (κ2) is 8.01. The summed E-state index contributed by atoms with van der Waals surface area (Å²) in [5.74, 6) is 0.372. The molecule has 3 aliphatic rings. The van der Waals surface area contributed by atoms with Gasteiger partial charge in [0.05, 0.1) is 0 Å². The molecule has 0 aromatic heterocycles. The van der Waals surface area contributed by atoms with Gasteiger partial charge in [0.25, 0.3) is 5.91 Å². The average Bonchev–Trinajstić information content (AvgIpc) is 3.27. The van der Waals surface area contributed by atoms with E-state index in [0.29, 0.717) is 13.0 Å². The molecule has 0 atom stereocenters. The smallest absolute Gasteiger partial charge is 0.253 e. The molecular formula is C22H31N3O2. The van der Waals surface area contributed by atoms with Crippen molar-refractivity contribution in [2.24, 2.45) is 0 Å². The first-order valence-corrected chi connectivity index (χ1v) is 10.6. The molecule has 0 unspecified atom stereocenters. The number of carbonyl (C=O) groups excluding carboxylic acids is 2. The normalized spacial score (nSPS) is 21.4. The van der Waals surface area contributed by atoms with Crippen LogP contribution in [0.3, 0.4) is 0 Å². The predicted octanol–water partition coefficient (Wildman–Crippen LogP) is 2.68. The van der Waals surface area contributed by atoms with Gasteiger partial charge in [-0.05, 0) is 42.5 Å². The van der Waals surface area contributed by atoms with E-state index in [0.717, 1.165) is 50.7 Å². The zero-order chi connectivity index (χ0) is 18.8. The molecule has 2 fully saturated rings. The molecule has 0 bridgehead atoms. The molecule has 1 aliphatic carbocycles. The number of hydrogen-bond donors (Lipinski definition) is 0.